The van der Waals surface area contributed by atoms with Crippen LogP contribution in [0, 0.1) is 11.2 Å². The van der Waals surface area contributed by atoms with Gasteiger partial charge in [-0.05, 0) is 47.6 Å². The second kappa shape index (κ2) is 10.4. The average molecular weight is 471 g/mol. The van der Waals surface area contributed by atoms with Crippen LogP contribution in [0.5, 0.6) is 0 Å². The van der Waals surface area contributed by atoms with Crippen LogP contribution < -0.4 is 22.1 Å². The molecule has 1 aliphatic heterocycles. The van der Waals surface area contributed by atoms with E-state index in [9.17, 15) is 14.3 Å². The van der Waals surface area contributed by atoms with Crippen molar-refractivity contribution >= 4 is 55.1 Å². The lowest BCUT2D eigenvalue weighted by molar-refractivity contribution is -0.117. The monoisotopic (exact) mass is 471 g/mol. The molecule has 1 aliphatic rings. The maximum atomic E-state index is 13.1. The highest BCUT2D eigenvalue weighted by molar-refractivity contribution is 8.04. The number of amides is 1. The number of carbonyl (C=O) groups excluding carboxylic acids is 1. The predicted octanol–water partition coefficient (Wildman–Crippen LogP) is 3.07. The third-order valence-corrected chi connectivity index (χ3v) is 6.15. The number of nitrogens with zero attached hydrogens (tertiary/aromatic N) is 1. The summed E-state index contributed by atoms with van der Waals surface area (Å²) in [6.07, 6.45) is 2.60. The fraction of sp³-hybridized carbons (Fsp3) is 0.136. The number of nitrogens with one attached hydrogen (secondary N) is 2. The number of nitrogen functional groups attached to an aromatic ring is 1. The molecule has 0 saturated carbocycles. The number of nitrogens with two attached hydrogens (primary N) is 2. The molecule has 0 saturated heterocycles. The number of thioether (sulfide) groups is 1. The Morgan fingerprint density at radius 1 is 1.28 bits per heavy atom. The van der Waals surface area contributed by atoms with Gasteiger partial charge in [0.1, 0.15) is 22.9 Å². The number of carbonyl (C=O) groups is 1. The van der Waals surface area contributed by atoms with E-state index in [2.05, 4.69) is 19.5 Å². The van der Waals surface area contributed by atoms with Crippen molar-refractivity contribution in [3.63, 3.8) is 0 Å². The molecular formula is C22H23FN5O2PS. The molecule has 7 N–H and O–H groups in total. The Labute approximate surface area is 191 Å². The molecule has 0 radical (unpaired) electrons. The lowest BCUT2D eigenvalue weighted by Gasteiger charge is -2.13. The fourth-order valence-electron chi connectivity index (χ4n) is 2.91. The minimum absolute atomic E-state index is 0.0741. The molecular weight excluding hydrogens is 448 g/mol. The van der Waals surface area contributed by atoms with Crippen LogP contribution in [0.3, 0.4) is 0 Å². The van der Waals surface area contributed by atoms with Crippen LogP contribution >= 0.6 is 21.0 Å². The number of aliphatic hydroxyl groups excluding tert-OH is 1. The average Bonchev–Trinajstić information content (AvgIpc) is 3.30. The summed E-state index contributed by atoms with van der Waals surface area (Å²) < 4.78 is 13.1. The summed E-state index contributed by atoms with van der Waals surface area (Å²) in [5.41, 5.74) is 13.0. The summed E-state index contributed by atoms with van der Waals surface area (Å²) >= 11 is 1.42. The predicted molar refractivity (Wildman–Crippen MR) is 132 cm³/mol. The van der Waals surface area contributed by atoms with Crippen molar-refractivity contribution in [1.29, 1.82) is 5.41 Å². The maximum absolute atomic E-state index is 13.1. The Hall–Kier alpha value is -3.16. The van der Waals surface area contributed by atoms with Crippen LogP contribution in [0.1, 0.15) is 12.0 Å². The van der Waals surface area contributed by atoms with Crippen molar-refractivity contribution < 1.29 is 14.3 Å². The molecule has 7 nitrogen and oxygen atoms in total. The fourth-order valence-corrected chi connectivity index (χ4v) is 4.20. The molecule has 3 rings (SSSR count). The third kappa shape index (κ3) is 5.75. The van der Waals surface area contributed by atoms with Gasteiger partial charge < -0.3 is 21.9 Å². The van der Waals surface area contributed by atoms with Crippen LogP contribution in [0.15, 0.2) is 69.8 Å². The summed E-state index contributed by atoms with van der Waals surface area (Å²) in [4.78, 5) is 17.9. The van der Waals surface area contributed by atoms with E-state index in [4.69, 9.17) is 16.9 Å². The van der Waals surface area contributed by atoms with Crippen LogP contribution in [-0.2, 0) is 11.3 Å². The Balaban J connectivity index is 1.95. The quantitative estimate of drug-likeness (QED) is 0.106. The zero-order chi connectivity index (χ0) is 23.3. The van der Waals surface area contributed by atoms with E-state index in [1.54, 1.807) is 18.2 Å². The van der Waals surface area contributed by atoms with E-state index in [0.29, 0.717) is 27.1 Å². The number of hydrogen-bond donors (Lipinski definition) is 5. The summed E-state index contributed by atoms with van der Waals surface area (Å²) in [6.45, 7) is 0.0741. The van der Waals surface area contributed by atoms with Gasteiger partial charge in [-0.1, -0.05) is 18.2 Å². The second-order valence-electron chi connectivity index (χ2n) is 6.93. The van der Waals surface area contributed by atoms with Gasteiger partial charge >= 0.3 is 0 Å². The number of allylic oxidation sites excluding steroid dienone is 2. The molecule has 1 atom stereocenters. The van der Waals surface area contributed by atoms with E-state index in [0.717, 1.165) is 12.2 Å². The molecule has 1 heterocycles. The van der Waals surface area contributed by atoms with Crippen LogP contribution in [0.2, 0.25) is 0 Å². The van der Waals surface area contributed by atoms with Gasteiger partial charge in [0.25, 0.3) is 5.91 Å². The smallest absolute Gasteiger partial charge is 0.259 e. The lowest BCUT2D eigenvalue weighted by atomic mass is 10.1. The number of anilines is 1. The molecule has 2 aromatic rings. The van der Waals surface area contributed by atoms with E-state index < -0.39 is 11.7 Å². The highest BCUT2D eigenvalue weighted by atomic mass is 32.2. The first kappa shape index (κ1) is 23.5. The Morgan fingerprint density at radius 3 is 2.62 bits per heavy atom. The number of halogens is 1. The van der Waals surface area contributed by atoms with Gasteiger partial charge in [-0.15, -0.1) is 21.0 Å². The summed E-state index contributed by atoms with van der Waals surface area (Å²) in [6, 6.07) is 10.6. The van der Waals surface area contributed by atoms with Crippen molar-refractivity contribution in [2.45, 2.75) is 13.0 Å². The zero-order valence-corrected chi connectivity index (χ0v) is 19.0. The third-order valence-electron chi connectivity index (χ3n) is 4.57. The molecule has 0 bridgehead atoms. The molecule has 10 heteroatoms. The molecule has 2 aromatic carbocycles. The van der Waals surface area contributed by atoms with Crippen LogP contribution in [-0.4, -0.2) is 28.3 Å². The second-order valence-corrected chi connectivity index (χ2v) is 8.69. The number of benzene rings is 2. The maximum Gasteiger partial charge on any atom is 0.259 e. The normalized spacial score (nSPS) is 14.6. The summed E-state index contributed by atoms with van der Waals surface area (Å²) in [5.74, 6) is -1.11. The van der Waals surface area contributed by atoms with Crippen LogP contribution in [0.25, 0.3) is 0 Å². The van der Waals surface area contributed by atoms with E-state index in [-0.39, 0.29) is 29.5 Å². The molecule has 0 spiro atoms. The molecule has 0 aliphatic carbocycles. The first-order valence-corrected chi connectivity index (χ1v) is 11.2. The van der Waals surface area contributed by atoms with Crippen molar-refractivity contribution in [2.75, 3.05) is 11.5 Å². The first-order chi connectivity index (χ1) is 15.3. The highest BCUT2D eigenvalue weighted by Crippen LogP contribution is 2.28. The van der Waals surface area contributed by atoms with E-state index >= 15 is 0 Å². The molecule has 0 aromatic heterocycles. The van der Waals surface area contributed by atoms with Gasteiger partial charge in [-0.25, -0.2) is 9.38 Å². The number of amidine groups is 1. The number of rotatable bonds is 7. The van der Waals surface area contributed by atoms with Crippen molar-refractivity contribution in [3.8, 4) is 0 Å². The highest BCUT2D eigenvalue weighted by Gasteiger charge is 2.25. The van der Waals surface area contributed by atoms with Crippen molar-refractivity contribution in [3.05, 3.63) is 76.2 Å². The van der Waals surface area contributed by atoms with E-state index in [1.165, 1.54) is 36.0 Å². The molecule has 166 valence electrons. The molecule has 0 fully saturated rings. The summed E-state index contributed by atoms with van der Waals surface area (Å²) in [7, 11) is 2.48. The SMILES string of the molecule is N=C(C1=CCCS1)/C(O)=C(\C(=O)NCc1ccc(F)cc1)C(N)=Nc1ccc(N)cc1P. The number of hydrogen-bond acceptors (Lipinski definition) is 6. The van der Waals surface area contributed by atoms with Gasteiger partial charge in [0.2, 0.25) is 0 Å². The first-order valence-electron chi connectivity index (χ1n) is 9.64. The molecule has 32 heavy (non-hydrogen) atoms. The van der Waals surface area contributed by atoms with Crippen molar-refractivity contribution in [2.24, 2.45) is 10.7 Å². The van der Waals surface area contributed by atoms with Crippen LogP contribution in [0.4, 0.5) is 15.8 Å². The number of aliphatic hydroxyl groups is 1. The summed E-state index contributed by atoms with van der Waals surface area (Å²) in [5, 5.41) is 22.4. The standard InChI is InChI=1S/C22H23FN5O2PS/c23-13-5-3-12(4-6-13)11-27-22(30)18(20(29)19(25)17-2-1-9-32-17)21(26)28-15-8-7-14(24)10-16(15)31/h2-8,10,25,29H,1,9,11,24,31H2,(H2,26,28)(H,27,30)/b20-18+,25-19?. The van der Waals surface area contributed by atoms with Gasteiger partial charge in [0, 0.05) is 22.9 Å². The Bertz CT molecular complexity index is 1150. The van der Waals surface area contributed by atoms with Crippen molar-refractivity contribution in [1.82, 2.24) is 5.32 Å². The Morgan fingerprint density at radius 2 is 2.00 bits per heavy atom. The van der Waals surface area contributed by atoms with E-state index in [1.807, 2.05) is 6.08 Å². The minimum Gasteiger partial charge on any atom is -0.505 e. The Kier molecular flexibility index (Phi) is 7.66. The minimum atomic E-state index is -0.706. The topological polar surface area (TPSA) is 138 Å². The van der Waals surface area contributed by atoms with Gasteiger partial charge in [-0.3, -0.25) is 10.2 Å². The van der Waals surface area contributed by atoms with Gasteiger partial charge in [0.15, 0.2) is 5.76 Å². The largest absolute Gasteiger partial charge is 0.505 e. The van der Waals surface area contributed by atoms with Gasteiger partial charge in [0.05, 0.1) is 5.69 Å². The number of aliphatic imine (C=N–C) groups is 1. The zero-order valence-electron chi connectivity index (χ0n) is 17.1. The molecule has 1 unspecified atom stereocenters. The molecule has 1 amide bonds. The van der Waals surface area contributed by atoms with Gasteiger partial charge in [-0.2, -0.15) is 0 Å². The lowest BCUT2D eigenvalue weighted by Crippen LogP contribution is -2.34.